The van der Waals surface area contributed by atoms with E-state index in [-0.39, 0.29) is 18.2 Å². The Balaban J connectivity index is 2.50. The quantitative estimate of drug-likeness (QED) is 0.487. The molecular formula is C18H26N2O4. The number of nitrogens with zero attached hydrogens (tertiary/aromatic N) is 1. The van der Waals surface area contributed by atoms with E-state index in [0.717, 1.165) is 11.1 Å². The van der Waals surface area contributed by atoms with E-state index < -0.39 is 0 Å². The fourth-order valence-corrected chi connectivity index (χ4v) is 2.03. The van der Waals surface area contributed by atoms with Crippen molar-refractivity contribution in [2.45, 2.75) is 13.0 Å². The number of methoxy groups -OCH3 is 1. The van der Waals surface area contributed by atoms with E-state index in [1.54, 1.807) is 19.1 Å². The molecule has 0 aliphatic rings. The van der Waals surface area contributed by atoms with E-state index in [4.69, 9.17) is 9.47 Å². The van der Waals surface area contributed by atoms with E-state index in [2.05, 4.69) is 11.9 Å². The Kier molecular flexibility index (Phi) is 9.41. The van der Waals surface area contributed by atoms with Gasteiger partial charge in [0.05, 0.1) is 26.2 Å². The summed E-state index contributed by atoms with van der Waals surface area (Å²) in [6.45, 7) is 5.86. The highest BCUT2D eigenvalue weighted by Crippen LogP contribution is 2.10. The number of benzene rings is 1. The van der Waals surface area contributed by atoms with Crippen LogP contribution in [0.4, 0.5) is 0 Å². The number of hydrogen-bond acceptors (Lipinski definition) is 4. The van der Waals surface area contributed by atoms with Gasteiger partial charge in [0.15, 0.2) is 0 Å². The number of carbonyl (C=O) groups is 2. The maximum Gasteiger partial charge on any atom is 0.243 e. The summed E-state index contributed by atoms with van der Waals surface area (Å²) in [6, 6.07) is 7.57. The van der Waals surface area contributed by atoms with Crippen molar-refractivity contribution in [3.63, 3.8) is 0 Å². The summed E-state index contributed by atoms with van der Waals surface area (Å²) in [5, 5.41) is 2.73. The summed E-state index contributed by atoms with van der Waals surface area (Å²) < 4.78 is 10.3. The molecule has 1 aromatic carbocycles. The molecule has 6 heteroatoms. The molecule has 0 saturated carbocycles. The largest absolute Gasteiger partial charge is 0.382 e. The Morgan fingerprint density at radius 2 is 1.92 bits per heavy atom. The molecule has 24 heavy (non-hydrogen) atoms. The average molecular weight is 334 g/mol. The van der Waals surface area contributed by atoms with Crippen LogP contribution in [0.15, 0.2) is 36.9 Å². The Labute approximate surface area is 143 Å². The summed E-state index contributed by atoms with van der Waals surface area (Å²) in [5.41, 5.74) is 1.82. The molecule has 0 heterocycles. The number of amides is 2. The van der Waals surface area contributed by atoms with Crippen molar-refractivity contribution in [3.8, 4) is 0 Å². The highest BCUT2D eigenvalue weighted by Gasteiger charge is 2.12. The first-order valence-corrected chi connectivity index (χ1v) is 7.86. The van der Waals surface area contributed by atoms with Crippen molar-refractivity contribution in [3.05, 3.63) is 48.0 Å². The zero-order chi connectivity index (χ0) is 17.8. The molecule has 0 aliphatic carbocycles. The van der Waals surface area contributed by atoms with Crippen LogP contribution in [0.1, 0.15) is 11.1 Å². The van der Waals surface area contributed by atoms with Gasteiger partial charge in [-0.05, 0) is 17.2 Å². The zero-order valence-electron chi connectivity index (χ0n) is 14.4. The van der Waals surface area contributed by atoms with Crippen LogP contribution in [-0.4, -0.2) is 57.2 Å². The van der Waals surface area contributed by atoms with Crippen molar-refractivity contribution in [1.82, 2.24) is 10.2 Å². The monoisotopic (exact) mass is 334 g/mol. The van der Waals surface area contributed by atoms with E-state index in [0.29, 0.717) is 32.9 Å². The predicted octanol–water partition coefficient (Wildman–Crippen LogP) is 1.15. The van der Waals surface area contributed by atoms with Gasteiger partial charge in [0.25, 0.3) is 0 Å². The van der Waals surface area contributed by atoms with Gasteiger partial charge in [-0.1, -0.05) is 30.8 Å². The molecule has 1 N–H and O–H groups in total. The van der Waals surface area contributed by atoms with Gasteiger partial charge in [0.1, 0.15) is 0 Å². The molecular weight excluding hydrogens is 308 g/mol. The van der Waals surface area contributed by atoms with Gasteiger partial charge in [-0.25, -0.2) is 0 Å². The van der Waals surface area contributed by atoms with E-state index >= 15 is 0 Å². The van der Waals surface area contributed by atoms with Crippen molar-refractivity contribution in [2.24, 2.45) is 0 Å². The summed E-state index contributed by atoms with van der Waals surface area (Å²) >= 11 is 0. The van der Waals surface area contributed by atoms with Gasteiger partial charge in [0, 0.05) is 27.2 Å². The molecule has 0 spiro atoms. The van der Waals surface area contributed by atoms with Gasteiger partial charge >= 0.3 is 0 Å². The number of hydrogen-bond donors (Lipinski definition) is 1. The Hall–Kier alpha value is -2.18. The molecule has 0 bridgehead atoms. The van der Waals surface area contributed by atoms with E-state index in [1.807, 2.05) is 24.3 Å². The normalized spacial score (nSPS) is 10.2. The molecule has 0 radical (unpaired) electrons. The molecule has 2 amide bonds. The van der Waals surface area contributed by atoms with Crippen LogP contribution in [0.5, 0.6) is 0 Å². The lowest BCUT2D eigenvalue weighted by atomic mass is 10.0. The van der Waals surface area contributed by atoms with Crippen LogP contribution in [0.3, 0.4) is 0 Å². The smallest absolute Gasteiger partial charge is 0.243 e. The summed E-state index contributed by atoms with van der Waals surface area (Å²) in [7, 11) is 3.37. The molecule has 1 aromatic rings. The van der Waals surface area contributed by atoms with Gasteiger partial charge in [-0.15, -0.1) is 0 Å². The third-order valence-electron chi connectivity index (χ3n) is 3.53. The zero-order valence-corrected chi connectivity index (χ0v) is 14.4. The second-order valence-corrected chi connectivity index (χ2v) is 5.29. The molecule has 132 valence electrons. The number of carbonyl (C=O) groups excluding carboxylic acids is 2. The summed E-state index contributed by atoms with van der Waals surface area (Å²) in [5.74, 6) is -0.228. The second-order valence-electron chi connectivity index (χ2n) is 5.29. The topological polar surface area (TPSA) is 67.9 Å². The second kappa shape index (κ2) is 11.4. The Morgan fingerprint density at radius 1 is 1.21 bits per heavy atom. The molecule has 6 nitrogen and oxygen atoms in total. The van der Waals surface area contributed by atoms with Gasteiger partial charge in [0.2, 0.25) is 11.8 Å². The van der Waals surface area contributed by atoms with E-state index in [9.17, 15) is 9.59 Å². The fourth-order valence-electron chi connectivity index (χ4n) is 2.03. The molecule has 0 aliphatic heterocycles. The van der Waals surface area contributed by atoms with Crippen molar-refractivity contribution >= 4 is 11.8 Å². The van der Waals surface area contributed by atoms with Crippen LogP contribution in [0.2, 0.25) is 0 Å². The van der Waals surface area contributed by atoms with Crippen LogP contribution in [0, 0.1) is 0 Å². The van der Waals surface area contributed by atoms with Crippen molar-refractivity contribution in [1.29, 1.82) is 0 Å². The predicted molar refractivity (Wildman–Crippen MR) is 92.5 cm³/mol. The standard InChI is InChI=1S/C18H26N2O4/c1-4-17(21)19-14-16-8-6-5-7-15(16)13-18(22)20(2)9-10-24-12-11-23-3/h4-8H,1,9-14H2,2-3H3,(H,19,21). The van der Waals surface area contributed by atoms with Crippen LogP contribution >= 0.6 is 0 Å². The van der Waals surface area contributed by atoms with Gasteiger partial charge in [-0.2, -0.15) is 0 Å². The van der Waals surface area contributed by atoms with Crippen molar-refractivity contribution < 1.29 is 19.1 Å². The number of rotatable bonds is 11. The molecule has 0 saturated heterocycles. The maximum atomic E-state index is 12.3. The maximum absolute atomic E-state index is 12.3. The first-order chi connectivity index (χ1) is 11.6. The summed E-state index contributed by atoms with van der Waals surface area (Å²) in [6.07, 6.45) is 1.51. The fraction of sp³-hybridized carbons (Fsp3) is 0.444. The SMILES string of the molecule is C=CC(=O)NCc1ccccc1CC(=O)N(C)CCOCCOC. The first kappa shape index (κ1) is 19.9. The Bertz CT molecular complexity index is 546. The molecule has 0 unspecified atom stereocenters. The van der Waals surface area contributed by atoms with Crippen LogP contribution < -0.4 is 5.32 Å². The highest BCUT2D eigenvalue weighted by atomic mass is 16.5. The highest BCUT2D eigenvalue weighted by molar-refractivity contribution is 5.86. The lowest BCUT2D eigenvalue weighted by Gasteiger charge is -2.18. The minimum Gasteiger partial charge on any atom is -0.382 e. The minimum absolute atomic E-state index is 0.00726. The molecule has 0 atom stereocenters. The number of ether oxygens (including phenoxy) is 2. The molecule has 0 fully saturated rings. The number of likely N-dealkylation sites (N-methyl/N-ethyl adjacent to an activating group) is 1. The van der Waals surface area contributed by atoms with Gasteiger partial charge in [-0.3, -0.25) is 9.59 Å². The molecule has 0 aromatic heterocycles. The third-order valence-corrected chi connectivity index (χ3v) is 3.53. The van der Waals surface area contributed by atoms with Crippen LogP contribution in [-0.2, 0) is 32.0 Å². The third kappa shape index (κ3) is 7.39. The molecule has 1 rings (SSSR count). The lowest BCUT2D eigenvalue weighted by molar-refractivity contribution is -0.129. The van der Waals surface area contributed by atoms with Crippen LogP contribution in [0.25, 0.3) is 0 Å². The first-order valence-electron chi connectivity index (χ1n) is 7.86. The van der Waals surface area contributed by atoms with E-state index in [1.165, 1.54) is 6.08 Å². The van der Waals surface area contributed by atoms with Crippen molar-refractivity contribution in [2.75, 3.05) is 40.5 Å². The summed E-state index contributed by atoms with van der Waals surface area (Å²) in [4.78, 5) is 25.3. The Morgan fingerprint density at radius 3 is 2.58 bits per heavy atom. The number of nitrogens with one attached hydrogen (secondary N) is 1. The minimum atomic E-state index is -0.235. The lowest BCUT2D eigenvalue weighted by Crippen LogP contribution is -2.32. The average Bonchev–Trinajstić information content (AvgIpc) is 2.60. The van der Waals surface area contributed by atoms with Gasteiger partial charge < -0.3 is 19.7 Å².